The summed E-state index contributed by atoms with van der Waals surface area (Å²) in [5.74, 6) is 0.0201. The lowest BCUT2D eigenvalue weighted by atomic mass is 9.98. The van der Waals surface area contributed by atoms with E-state index in [0.29, 0.717) is 5.82 Å². The van der Waals surface area contributed by atoms with Gasteiger partial charge >= 0.3 is 0 Å². The molecule has 0 aromatic carbocycles. The number of nitrogens with zero attached hydrogens (tertiary/aromatic N) is 2. The second-order valence-corrected chi connectivity index (χ2v) is 5.67. The van der Waals surface area contributed by atoms with Gasteiger partial charge < -0.3 is 4.90 Å². The van der Waals surface area contributed by atoms with Gasteiger partial charge in [-0.05, 0) is 48.3 Å². The van der Waals surface area contributed by atoms with Gasteiger partial charge in [0.1, 0.15) is 11.4 Å². The van der Waals surface area contributed by atoms with E-state index in [-0.39, 0.29) is 18.4 Å². The largest absolute Gasteiger partial charge is 0.333 e. The summed E-state index contributed by atoms with van der Waals surface area (Å²) in [5, 5.41) is 2.34. The number of nitrogens with one attached hydrogen (secondary N) is 1. The van der Waals surface area contributed by atoms with Gasteiger partial charge in [-0.3, -0.25) is 14.9 Å². The van der Waals surface area contributed by atoms with E-state index >= 15 is 0 Å². The van der Waals surface area contributed by atoms with Crippen LogP contribution in [0.2, 0.25) is 0 Å². The molecule has 1 fully saturated rings. The Kier molecular flexibility index (Phi) is 3.14. The predicted molar refractivity (Wildman–Crippen MR) is 71.2 cm³/mol. The van der Waals surface area contributed by atoms with Crippen molar-refractivity contribution in [1.82, 2.24) is 10.3 Å². The highest BCUT2D eigenvalue weighted by Gasteiger charge is 2.41. The molecule has 96 valence electrons. The fourth-order valence-corrected chi connectivity index (χ4v) is 2.04. The number of hydrogen-bond acceptors (Lipinski definition) is 4. The average Bonchev–Trinajstić information content (AvgIpc) is 2.28. The monoisotopic (exact) mass is 311 g/mol. The number of piperazine rings is 1. The molecule has 0 atom stereocenters. The molecule has 0 aliphatic carbocycles. The van der Waals surface area contributed by atoms with E-state index in [1.807, 2.05) is 13.0 Å². The number of hydrogen-bond donors (Lipinski definition) is 1. The summed E-state index contributed by atoms with van der Waals surface area (Å²) in [6.07, 6.45) is 1.68. The van der Waals surface area contributed by atoms with E-state index in [1.165, 1.54) is 0 Å². The fraction of sp³-hybridized carbons (Fsp3) is 0.417. The fourth-order valence-electron chi connectivity index (χ4n) is 1.82. The molecule has 1 N–H and O–H groups in total. The van der Waals surface area contributed by atoms with Crippen molar-refractivity contribution in [3.63, 3.8) is 0 Å². The lowest BCUT2D eigenvalue weighted by molar-refractivity contribution is -0.135. The number of halogens is 1. The van der Waals surface area contributed by atoms with Crippen LogP contribution in [0.3, 0.4) is 0 Å². The van der Waals surface area contributed by atoms with Crippen LogP contribution in [-0.2, 0) is 9.59 Å². The second kappa shape index (κ2) is 4.35. The van der Waals surface area contributed by atoms with Gasteiger partial charge in [-0.1, -0.05) is 0 Å². The molecule has 6 heteroatoms. The number of aryl methyl sites for hydroxylation is 1. The van der Waals surface area contributed by atoms with Crippen molar-refractivity contribution in [2.75, 3.05) is 11.4 Å². The van der Waals surface area contributed by atoms with E-state index in [2.05, 4.69) is 26.2 Å². The number of amides is 2. The number of imide groups is 1. The lowest BCUT2D eigenvalue weighted by Crippen LogP contribution is -2.64. The molecular weight excluding hydrogens is 298 g/mol. The molecule has 0 spiro atoms. The van der Waals surface area contributed by atoms with Gasteiger partial charge in [-0.2, -0.15) is 0 Å². The molecule has 1 saturated heterocycles. The predicted octanol–water partition coefficient (Wildman–Crippen LogP) is 1.39. The Labute approximate surface area is 114 Å². The van der Waals surface area contributed by atoms with Crippen molar-refractivity contribution in [2.24, 2.45) is 0 Å². The van der Waals surface area contributed by atoms with Crippen molar-refractivity contribution in [3.8, 4) is 0 Å². The van der Waals surface area contributed by atoms with Crippen molar-refractivity contribution in [1.29, 1.82) is 0 Å². The third-order valence-electron chi connectivity index (χ3n) is 3.09. The van der Waals surface area contributed by atoms with Gasteiger partial charge in [0, 0.05) is 10.7 Å². The number of anilines is 1. The Bertz CT molecular complexity index is 528. The molecule has 18 heavy (non-hydrogen) atoms. The highest BCUT2D eigenvalue weighted by Crippen LogP contribution is 2.27. The van der Waals surface area contributed by atoms with Crippen molar-refractivity contribution >= 4 is 33.6 Å². The molecule has 2 amide bonds. The van der Waals surface area contributed by atoms with Crippen LogP contribution in [0.5, 0.6) is 0 Å². The number of pyridine rings is 1. The minimum Gasteiger partial charge on any atom is -0.333 e. The molecular formula is C12H14BrN3O2. The van der Waals surface area contributed by atoms with Crippen LogP contribution in [0, 0.1) is 6.92 Å². The van der Waals surface area contributed by atoms with Gasteiger partial charge in [-0.25, -0.2) is 4.98 Å². The van der Waals surface area contributed by atoms with E-state index in [9.17, 15) is 9.59 Å². The zero-order valence-electron chi connectivity index (χ0n) is 10.5. The smallest absolute Gasteiger partial charge is 0.251 e. The molecule has 1 aliphatic heterocycles. The van der Waals surface area contributed by atoms with Crippen molar-refractivity contribution in [3.05, 3.63) is 22.3 Å². The Morgan fingerprint density at radius 1 is 1.44 bits per heavy atom. The maximum atomic E-state index is 11.9. The first-order valence-corrected chi connectivity index (χ1v) is 6.36. The Morgan fingerprint density at radius 2 is 2.11 bits per heavy atom. The maximum Gasteiger partial charge on any atom is 0.251 e. The van der Waals surface area contributed by atoms with Crippen LogP contribution in [0.4, 0.5) is 5.82 Å². The summed E-state index contributed by atoms with van der Waals surface area (Å²) in [6, 6.07) is 1.86. The number of aromatic nitrogens is 1. The highest BCUT2D eigenvalue weighted by molar-refractivity contribution is 9.10. The SMILES string of the molecule is Cc1cc(N2CC(=O)NC(=O)C2(C)C)ncc1Br. The van der Waals surface area contributed by atoms with Gasteiger partial charge in [0.15, 0.2) is 0 Å². The van der Waals surface area contributed by atoms with Gasteiger partial charge in [-0.15, -0.1) is 0 Å². The maximum absolute atomic E-state index is 11.9. The van der Waals surface area contributed by atoms with Crippen LogP contribution in [0.25, 0.3) is 0 Å². The highest BCUT2D eigenvalue weighted by atomic mass is 79.9. The van der Waals surface area contributed by atoms with E-state index in [4.69, 9.17) is 0 Å². The number of carbonyl (C=O) groups is 2. The zero-order chi connectivity index (χ0) is 13.5. The summed E-state index contributed by atoms with van der Waals surface area (Å²) in [7, 11) is 0. The second-order valence-electron chi connectivity index (χ2n) is 4.81. The number of carbonyl (C=O) groups excluding carboxylic acids is 2. The summed E-state index contributed by atoms with van der Waals surface area (Å²) < 4.78 is 0.900. The summed E-state index contributed by atoms with van der Waals surface area (Å²) in [4.78, 5) is 29.3. The molecule has 1 aromatic rings. The van der Waals surface area contributed by atoms with Crippen LogP contribution in [-0.4, -0.2) is 28.9 Å². The Hall–Kier alpha value is -1.43. The third kappa shape index (κ3) is 2.12. The first-order valence-electron chi connectivity index (χ1n) is 5.56. The molecule has 0 bridgehead atoms. The van der Waals surface area contributed by atoms with Crippen molar-refractivity contribution in [2.45, 2.75) is 26.3 Å². The van der Waals surface area contributed by atoms with E-state index in [1.54, 1.807) is 24.9 Å². The zero-order valence-corrected chi connectivity index (χ0v) is 12.0. The normalized spacial score (nSPS) is 18.8. The Balaban J connectivity index is 2.43. The summed E-state index contributed by atoms with van der Waals surface area (Å²) in [6.45, 7) is 5.61. The summed E-state index contributed by atoms with van der Waals surface area (Å²) in [5.41, 5.74) is 0.218. The molecule has 0 radical (unpaired) electrons. The standard InChI is InChI=1S/C12H14BrN3O2/c1-7-4-9(14-5-8(7)13)16-6-10(17)15-11(18)12(16,2)3/h4-5H,6H2,1-3H3,(H,15,17,18). The molecule has 2 heterocycles. The lowest BCUT2D eigenvalue weighted by Gasteiger charge is -2.41. The van der Waals surface area contributed by atoms with Crippen LogP contribution in [0.1, 0.15) is 19.4 Å². The topological polar surface area (TPSA) is 62.3 Å². The van der Waals surface area contributed by atoms with Crippen molar-refractivity contribution < 1.29 is 9.59 Å². The van der Waals surface area contributed by atoms with Crippen LogP contribution in [0.15, 0.2) is 16.7 Å². The average molecular weight is 312 g/mol. The molecule has 1 aromatic heterocycles. The first-order chi connectivity index (χ1) is 8.32. The van der Waals surface area contributed by atoms with E-state index < -0.39 is 5.54 Å². The van der Waals surface area contributed by atoms with Gasteiger partial charge in [0.25, 0.3) is 5.91 Å². The minimum atomic E-state index is -0.790. The molecule has 0 unspecified atom stereocenters. The minimum absolute atomic E-state index is 0.132. The molecule has 0 saturated carbocycles. The molecule has 1 aliphatic rings. The Morgan fingerprint density at radius 3 is 2.72 bits per heavy atom. The van der Waals surface area contributed by atoms with Gasteiger partial charge in [0.05, 0.1) is 6.54 Å². The first kappa shape index (κ1) is 13.0. The summed E-state index contributed by atoms with van der Waals surface area (Å²) >= 11 is 3.38. The van der Waals surface area contributed by atoms with Gasteiger partial charge in [0.2, 0.25) is 5.91 Å². The third-order valence-corrected chi connectivity index (χ3v) is 3.92. The number of rotatable bonds is 1. The molecule has 2 rings (SSSR count). The van der Waals surface area contributed by atoms with Crippen LogP contribution >= 0.6 is 15.9 Å². The molecule has 5 nitrogen and oxygen atoms in total. The quantitative estimate of drug-likeness (QED) is 0.796. The van der Waals surface area contributed by atoms with E-state index in [0.717, 1.165) is 10.0 Å². The van der Waals surface area contributed by atoms with Crippen LogP contribution < -0.4 is 10.2 Å².